The number of hydrogen-bond donors (Lipinski definition) is 0. The van der Waals surface area contributed by atoms with Crippen LogP contribution in [-0.4, -0.2) is 23.4 Å². The summed E-state index contributed by atoms with van der Waals surface area (Å²) in [6, 6.07) is 0.109. The maximum Gasteiger partial charge on any atom is 0.0801 e. The molecule has 0 unspecified atom stereocenters. The van der Waals surface area contributed by atoms with Crippen LogP contribution in [0.3, 0.4) is 0 Å². The van der Waals surface area contributed by atoms with E-state index in [0.29, 0.717) is 11.3 Å². The topological polar surface area (TPSA) is 20.3 Å². The van der Waals surface area contributed by atoms with Gasteiger partial charge in [0.1, 0.15) is 0 Å². The molecule has 0 spiro atoms. The predicted molar refractivity (Wildman–Crippen MR) is 58.4 cm³/mol. The van der Waals surface area contributed by atoms with E-state index < -0.39 is 0 Å². The molecule has 0 aromatic carbocycles. The summed E-state index contributed by atoms with van der Waals surface area (Å²) in [5.41, 5.74) is 0.326. The van der Waals surface area contributed by atoms with E-state index in [1.54, 1.807) is 4.90 Å². The van der Waals surface area contributed by atoms with Gasteiger partial charge < -0.3 is 23.5 Å². The number of rotatable bonds is 0. The Labute approximate surface area is 119 Å². The van der Waals surface area contributed by atoms with Crippen molar-refractivity contribution >= 4 is 5.91 Å². The minimum Gasteiger partial charge on any atom is -0.395 e. The first-order valence-electron chi connectivity index (χ1n) is 5.28. The van der Waals surface area contributed by atoms with Gasteiger partial charge in [-0.1, -0.05) is 33.2 Å². The van der Waals surface area contributed by atoms with Gasteiger partial charge in [-0.3, -0.25) is 0 Å². The van der Waals surface area contributed by atoms with Gasteiger partial charge in [0, 0.05) is 39.3 Å². The smallest absolute Gasteiger partial charge is 0.0801 e. The minimum atomic E-state index is -0.0858. The number of piperidine rings is 1. The van der Waals surface area contributed by atoms with Crippen LogP contribution < -0.4 is 0 Å². The molecule has 1 saturated heterocycles. The van der Waals surface area contributed by atoms with Crippen molar-refractivity contribution in [2.75, 3.05) is 6.54 Å². The second-order valence-electron chi connectivity index (χ2n) is 5.33. The monoisotopic (exact) mass is 284 g/mol. The SMILES string of the molecule is [CH2-]C(=O)N1CC[C@H](C(C)(C)C)C[C@H]1[CH2-].[Y]. The Kier molecular flexibility index (Phi) is 5.85. The Morgan fingerprint density at radius 3 is 2.27 bits per heavy atom. The summed E-state index contributed by atoms with van der Waals surface area (Å²) in [6.07, 6.45) is 2.08. The molecule has 1 heterocycles. The number of likely N-dealkylation sites (tertiary alicyclic amines) is 1. The van der Waals surface area contributed by atoms with Crippen molar-refractivity contribution in [3.63, 3.8) is 0 Å². The molecule has 2 atom stereocenters. The Bertz CT molecular complexity index is 222. The molecule has 15 heavy (non-hydrogen) atoms. The first-order chi connectivity index (χ1) is 6.32. The predicted octanol–water partition coefficient (Wildman–Crippen LogP) is 2.31. The molecule has 1 fully saturated rings. The molecule has 0 saturated carbocycles. The molecule has 0 aliphatic carbocycles. The van der Waals surface area contributed by atoms with Crippen LogP contribution in [0.15, 0.2) is 0 Å². The first-order valence-corrected chi connectivity index (χ1v) is 5.28. The summed E-state index contributed by atoms with van der Waals surface area (Å²) < 4.78 is 0. The fraction of sp³-hybridized carbons (Fsp3) is 0.750. The standard InChI is InChI=1S/C12H21NO.Y/c1-9-8-11(12(3,4)5)6-7-13(9)10(2)14;/h9,11H,1-2,6-8H2,3-5H3;/q-2;/t9-,11+;/m1./s1. The summed E-state index contributed by atoms with van der Waals surface area (Å²) in [4.78, 5) is 12.9. The summed E-state index contributed by atoms with van der Waals surface area (Å²) >= 11 is 0. The molecule has 2 nitrogen and oxygen atoms in total. The number of carbonyl (C=O) groups excluding carboxylic acids is 1. The summed E-state index contributed by atoms with van der Waals surface area (Å²) in [5.74, 6) is 0.581. The number of amides is 1. The Hall–Kier alpha value is 0.444. The van der Waals surface area contributed by atoms with Gasteiger partial charge in [-0.05, 0) is 17.8 Å². The van der Waals surface area contributed by atoms with Crippen molar-refractivity contribution in [2.24, 2.45) is 11.3 Å². The molecule has 1 amide bonds. The van der Waals surface area contributed by atoms with E-state index in [1.165, 1.54) is 0 Å². The van der Waals surface area contributed by atoms with Crippen molar-refractivity contribution in [1.29, 1.82) is 0 Å². The van der Waals surface area contributed by atoms with E-state index in [-0.39, 0.29) is 44.7 Å². The van der Waals surface area contributed by atoms with Crippen LogP contribution in [-0.2, 0) is 37.5 Å². The van der Waals surface area contributed by atoms with Crippen LogP contribution in [0, 0.1) is 25.2 Å². The first kappa shape index (κ1) is 15.4. The molecule has 1 rings (SSSR count). The zero-order valence-electron chi connectivity index (χ0n) is 10.1. The zero-order chi connectivity index (χ0) is 10.9. The maximum absolute atomic E-state index is 11.1. The molecule has 0 aromatic rings. The molecule has 0 N–H and O–H groups in total. The van der Waals surface area contributed by atoms with Crippen LogP contribution in [0.5, 0.6) is 0 Å². The Morgan fingerprint density at radius 2 is 1.93 bits per heavy atom. The normalized spacial score (nSPS) is 27.1. The van der Waals surface area contributed by atoms with Crippen molar-refractivity contribution in [3.8, 4) is 0 Å². The van der Waals surface area contributed by atoms with Crippen molar-refractivity contribution in [2.45, 2.75) is 39.7 Å². The quantitative estimate of drug-likeness (QED) is 0.625. The maximum atomic E-state index is 11.1. The third-order valence-corrected chi connectivity index (χ3v) is 3.26. The summed E-state index contributed by atoms with van der Waals surface area (Å²) in [5, 5.41) is 0. The third-order valence-electron chi connectivity index (χ3n) is 3.26. The van der Waals surface area contributed by atoms with Crippen LogP contribution in [0.25, 0.3) is 0 Å². The van der Waals surface area contributed by atoms with Crippen molar-refractivity contribution in [3.05, 3.63) is 13.8 Å². The van der Waals surface area contributed by atoms with Gasteiger partial charge in [-0.2, -0.15) is 0 Å². The summed E-state index contributed by atoms with van der Waals surface area (Å²) in [7, 11) is 0. The number of hydrogen-bond acceptors (Lipinski definition) is 1. The largest absolute Gasteiger partial charge is 0.395 e. The zero-order valence-corrected chi connectivity index (χ0v) is 13.0. The number of nitrogens with zero attached hydrogens (tertiary/aromatic N) is 1. The van der Waals surface area contributed by atoms with Gasteiger partial charge in [0.05, 0.1) is 5.91 Å². The molecule has 0 aromatic heterocycles. The van der Waals surface area contributed by atoms with E-state index in [9.17, 15) is 4.79 Å². The van der Waals surface area contributed by atoms with Gasteiger partial charge >= 0.3 is 0 Å². The van der Waals surface area contributed by atoms with E-state index in [4.69, 9.17) is 0 Å². The molecule has 0 bridgehead atoms. The third kappa shape index (κ3) is 4.07. The molecule has 1 aliphatic heterocycles. The van der Waals surface area contributed by atoms with Gasteiger partial charge in [0.2, 0.25) is 0 Å². The van der Waals surface area contributed by atoms with Crippen LogP contribution in [0.2, 0.25) is 0 Å². The average molecular weight is 284 g/mol. The van der Waals surface area contributed by atoms with Gasteiger partial charge in [-0.15, -0.1) is 0 Å². The van der Waals surface area contributed by atoms with Crippen molar-refractivity contribution in [1.82, 2.24) is 4.90 Å². The van der Waals surface area contributed by atoms with Gasteiger partial charge in [0.25, 0.3) is 0 Å². The number of carbonyl (C=O) groups is 1. The molecule has 3 heteroatoms. The average Bonchev–Trinajstić information content (AvgIpc) is 2.01. The molecule has 85 valence electrons. The fourth-order valence-electron chi connectivity index (χ4n) is 2.17. The molecular formula is C12H21NOY-2. The van der Waals surface area contributed by atoms with Gasteiger partial charge in [0.15, 0.2) is 0 Å². The Balaban J connectivity index is 0.00000196. The summed E-state index contributed by atoms with van der Waals surface area (Å²) in [6.45, 7) is 15.1. The fourth-order valence-corrected chi connectivity index (χ4v) is 2.17. The second kappa shape index (κ2) is 5.68. The van der Waals surface area contributed by atoms with Crippen LogP contribution in [0.1, 0.15) is 33.6 Å². The molecular weight excluding hydrogens is 263 g/mol. The van der Waals surface area contributed by atoms with Crippen LogP contribution in [0.4, 0.5) is 0 Å². The molecule has 1 aliphatic rings. The van der Waals surface area contributed by atoms with Crippen LogP contribution >= 0.6 is 0 Å². The molecule has 1 radical (unpaired) electrons. The van der Waals surface area contributed by atoms with E-state index in [0.717, 1.165) is 19.4 Å². The second-order valence-corrected chi connectivity index (χ2v) is 5.33. The van der Waals surface area contributed by atoms with E-state index in [1.807, 2.05) is 0 Å². The van der Waals surface area contributed by atoms with Crippen molar-refractivity contribution < 1.29 is 37.5 Å². The van der Waals surface area contributed by atoms with Gasteiger partial charge in [-0.25, -0.2) is 0 Å². The van der Waals surface area contributed by atoms with E-state index in [2.05, 4.69) is 34.6 Å². The minimum absolute atomic E-state index is 0. The van der Waals surface area contributed by atoms with E-state index >= 15 is 0 Å². The Morgan fingerprint density at radius 1 is 1.40 bits per heavy atom.